The molecule has 0 spiro atoms. The molecule has 0 fully saturated rings. The second-order valence-electron chi connectivity index (χ2n) is 8.71. The zero-order valence-corrected chi connectivity index (χ0v) is 23.0. The second-order valence-corrected chi connectivity index (χ2v) is 9.56. The third kappa shape index (κ3) is 5.85. The predicted molar refractivity (Wildman–Crippen MR) is 158 cm³/mol. The molecule has 0 aliphatic heterocycles. The molecule has 0 saturated carbocycles. The van der Waals surface area contributed by atoms with Crippen LogP contribution in [0.4, 0.5) is 5.69 Å². The number of carbonyl (C=O) groups is 2. The van der Waals surface area contributed by atoms with Gasteiger partial charge in [0.2, 0.25) is 0 Å². The van der Waals surface area contributed by atoms with Gasteiger partial charge in [0.05, 0.1) is 29.3 Å². The van der Waals surface area contributed by atoms with Crippen molar-refractivity contribution in [3.05, 3.63) is 122 Å². The number of nitrogens with one attached hydrogen (secondary N) is 2. The van der Waals surface area contributed by atoms with Crippen LogP contribution in [-0.4, -0.2) is 35.1 Å². The maximum Gasteiger partial charge on any atom is 0.343 e. The van der Waals surface area contributed by atoms with Crippen molar-refractivity contribution in [1.82, 2.24) is 10.4 Å². The lowest BCUT2D eigenvalue weighted by Crippen LogP contribution is -2.18. The van der Waals surface area contributed by atoms with Gasteiger partial charge in [-0.3, -0.25) is 14.9 Å². The van der Waals surface area contributed by atoms with Crippen LogP contribution in [0.25, 0.3) is 22.0 Å². The van der Waals surface area contributed by atoms with E-state index in [-0.39, 0.29) is 22.7 Å². The minimum atomic E-state index is -0.703. The fourth-order valence-corrected chi connectivity index (χ4v) is 4.67. The van der Waals surface area contributed by atoms with Crippen molar-refractivity contribution < 1.29 is 24.0 Å². The SMILES string of the molecule is COc1cc(C=NNC(=O)c2[nH]c3c(Br)cccc3c2-c2ccccc2)ccc1OC(=O)c1ccc([N+](=O)[O-])cc1. The average Bonchev–Trinajstić information content (AvgIpc) is 3.39. The molecule has 4 aromatic carbocycles. The van der Waals surface area contributed by atoms with E-state index in [1.807, 2.05) is 48.5 Å². The zero-order valence-electron chi connectivity index (χ0n) is 21.5. The van der Waals surface area contributed by atoms with Crippen LogP contribution in [0.2, 0.25) is 0 Å². The number of benzene rings is 4. The number of nitrogens with zero attached hydrogens (tertiary/aromatic N) is 2. The van der Waals surface area contributed by atoms with E-state index in [1.165, 1.54) is 43.7 Å². The predicted octanol–water partition coefficient (Wildman–Crippen LogP) is 6.50. The van der Waals surface area contributed by atoms with Crippen LogP contribution in [0.5, 0.6) is 11.5 Å². The summed E-state index contributed by atoms with van der Waals surface area (Å²) < 4.78 is 11.6. The lowest BCUT2D eigenvalue weighted by Gasteiger charge is -2.10. The Morgan fingerprint density at radius 2 is 1.73 bits per heavy atom. The van der Waals surface area contributed by atoms with Crippen molar-refractivity contribution in [2.24, 2.45) is 5.10 Å². The molecule has 0 aliphatic carbocycles. The highest BCUT2D eigenvalue weighted by Gasteiger charge is 2.20. The van der Waals surface area contributed by atoms with Crippen molar-refractivity contribution in [3.63, 3.8) is 0 Å². The smallest absolute Gasteiger partial charge is 0.343 e. The first kappa shape index (κ1) is 27.3. The molecule has 10 nitrogen and oxygen atoms in total. The molecule has 0 unspecified atom stereocenters. The number of esters is 1. The molecule has 0 radical (unpaired) electrons. The Balaban J connectivity index is 1.33. The van der Waals surface area contributed by atoms with Gasteiger partial charge in [0.25, 0.3) is 11.6 Å². The number of rotatable bonds is 8. The van der Waals surface area contributed by atoms with E-state index in [1.54, 1.807) is 12.1 Å². The summed E-state index contributed by atoms with van der Waals surface area (Å²) in [6.07, 6.45) is 1.43. The third-order valence-electron chi connectivity index (χ3n) is 6.16. The number of methoxy groups -OCH3 is 1. The highest BCUT2D eigenvalue weighted by molar-refractivity contribution is 9.10. The number of carbonyl (C=O) groups excluding carboxylic acids is 2. The fourth-order valence-electron chi connectivity index (χ4n) is 4.20. The molecule has 41 heavy (non-hydrogen) atoms. The summed E-state index contributed by atoms with van der Waals surface area (Å²) in [4.78, 5) is 39.2. The molecule has 11 heteroatoms. The van der Waals surface area contributed by atoms with Crippen molar-refractivity contribution in [2.75, 3.05) is 7.11 Å². The van der Waals surface area contributed by atoms with Gasteiger partial charge < -0.3 is 14.5 Å². The van der Waals surface area contributed by atoms with Gasteiger partial charge in [0.1, 0.15) is 5.69 Å². The van der Waals surface area contributed by atoms with Gasteiger partial charge in [-0.15, -0.1) is 0 Å². The summed E-state index contributed by atoms with van der Waals surface area (Å²) in [6, 6.07) is 25.2. The van der Waals surface area contributed by atoms with Crippen LogP contribution < -0.4 is 14.9 Å². The maximum absolute atomic E-state index is 13.2. The highest BCUT2D eigenvalue weighted by atomic mass is 79.9. The van der Waals surface area contributed by atoms with Gasteiger partial charge in [0, 0.05) is 27.6 Å². The summed E-state index contributed by atoms with van der Waals surface area (Å²) in [5.41, 5.74) is 5.94. The molecular weight excluding hydrogens is 592 g/mol. The molecule has 1 aromatic heterocycles. The van der Waals surface area contributed by atoms with Crippen LogP contribution in [0.15, 0.2) is 101 Å². The average molecular weight is 613 g/mol. The summed E-state index contributed by atoms with van der Waals surface area (Å²) in [6.45, 7) is 0. The number of ether oxygens (including phenoxy) is 2. The molecule has 0 saturated heterocycles. The lowest BCUT2D eigenvalue weighted by molar-refractivity contribution is -0.384. The van der Waals surface area contributed by atoms with Gasteiger partial charge in [-0.05, 0) is 63.5 Å². The Hall–Kier alpha value is -5.29. The van der Waals surface area contributed by atoms with Crippen molar-refractivity contribution in [3.8, 4) is 22.6 Å². The molecule has 2 N–H and O–H groups in total. The van der Waals surface area contributed by atoms with E-state index in [0.717, 1.165) is 26.5 Å². The first-order valence-electron chi connectivity index (χ1n) is 12.2. The number of amides is 1. The van der Waals surface area contributed by atoms with Crippen molar-refractivity contribution in [1.29, 1.82) is 0 Å². The van der Waals surface area contributed by atoms with Crippen molar-refractivity contribution in [2.45, 2.75) is 0 Å². The van der Waals surface area contributed by atoms with E-state index in [4.69, 9.17) is 9.47 Å². The Bertz CT molecular complexity index is 1800. The first-order chi connectivity index (χ1) is 19.9. The van der Waals surface area contributed by atoms with E-state index in [9.17, 15) is 19.7 Å². The molecular formula is C30H21BrN4O6. The Morgan fingerprint density at radius 1 is 0.976 bits per heavy atom. The van der Waals surface area contributed by atoms with Crippen LogP contribution in [0, 0.1) is 10.1 Å². The van der Waals surface area contributed by atoms with Gasteiger partial charge in [-0.2, -0.15) is 5.10 Å². The monoisotopic (exact) mass is 612 g/mol. The van der Waals surface area contributed by atoms with Crippen molar-refractivity contribution >= 4 is 50.6 Å². The Morgan fingerprint density at radius 3 is 2.44 bits per heavy atom. The molecule has 5 rings (SSSR count). The van der Waals surface area contributed by atoms with E-state index >= 15 is 0 Å². The van der Waals surface area contributed by atoms with Gasteiger partial charge >= 0.3 is 5.97 Å². The summed E-state index contributed by atoms with van der Waals surface area (Å²) in [5, 5.41) is 15.8. The topological polar surface area (TPSA) is 136 Å². The summed E-state index contributed by atoms with van der Waals surface area (Å²) in [7, 11) is 1.42. The Labute approximate surface area is 241 Å². The summed E-state index contributed by atoms with van der Waals surface area (Å²) in [5.74, 6) is -0.731. The third-order valence-corrected chi connectivity index (χ3v) is 6.82. The zero-order chi connectivity index (χ0) is 28.9. The van der Waals surface area contributed by atoms with Gasteiger partial charge in [-0.25, -0.2) is 10.2 Å². The number of hydrogen-bond donors (Lipinski definition) is 2. The van der Waals surface area contributed by atoms with Crippen LogP contribution in [-0.2, 0) is 0 Å². The number of hydrogen-bond acceptors (Lipinski definition) is 7. The quantitative estimate of drug-likeness (QED) is 0.0675. The molecule has 5 aromatic rings. The largest absolute Gasteiger partial charge is 0.493 e. The maximum atomic E-state index is 13.2. The number of hydrazone groups is 1. The van der Waals surface area contributed by atoms with Gasteiger partial charge in [-0.1, -0.05) is 42.5 Å². The molecule has 1 amide bonds. The number of aromatic amines is 1. The molecule has 204 valence electrons. The summed E-state index contributed by atoms with van der Waals surface area (Å²) >= 11 is 3.54. The Kier molecular flexibility index (Phi) is 7.88. The number of nitro groups is 1. The van der Waals surface area contributed by atoms with Crippen LogP contribution in [0.1, 0.15) is 26.4 Å². The number of aromatic nitrogens is 1. The highest BCUT2D eigenvalue weighted by Crippen LogP contribution is 2.35. The molecule has 0 bridgehead atoms. The van der Waals surface area contributed by atoms with Crippen LogP contribution in [0.3, 0.4) is 0 Å². The van der Waals surface area contributed by atoms with E-state index in [2.05, 4.69) is 31.4 Å². The minimum absolute atomic E-state index is 0.136. The van der Waals surface area contributed by atoms with E-state index < -0.39 is 16.8 Å². The molecule has 0 aliphatic rings. The lowest BCUT2D eigenvalue weighted by atomic mass is 10.0. The number of para-hydroxylation sites is 1. The fraction of sp³-hybridized carbons (Fsp3) is 0.0333. The normalized spacial score (nSPS) is 11.0. The standard InChI is InChI=1S/C30H21BrN4O6/c1-40-25-16-18(10-15-24(25)41-30(37)20-11-13-21(14-12-20)35(38)39)17-32-34-29(36)28-26(19-6-3-2-4-7-19)22-8-5-9-23(31)27(22)33-28/h2-17,33H,1H3,(H,34,36). The number of non-ortho nitro benzene ring substituents is 1. The minimum Gasteiger partial charge on any atom is -0.493 e. The van der Waals surface area contributed by atoms with E-state index in [0.29, 0.717) is 11.3 Å². The number of fused-ring (bicyclic) bond motifs is 1. The number of H-pyrrole nitrogens is 1. The number of nitro benzene ring substituents is 1. The van der Waals surface area contributed by atoms with Crippen LogP contribution >= 0.6 is 15.9 Å². The molecule has 0 atom stereocenters. The number of halogens is 1. The first-order valence-corrected chi connectivity index (χ1v) is 13.0. The van der Waals surface area contributed by atoms with Gasteiger partial charge in [0.15, 0.2) is 11.5 Å². The second kappa shape index (κ2) is 11.8. The molecule has 1 heterocycles.